The number of anilines is 1. The van der Waals surface area contributed by atoms with Gasteiger partial charge in [-0.3, -0.25) is 10.1 Å². The van der Waals surface area contributed by atoms with E-state index in [0.717, 1.165) is 17.7 Å². The monoisotopic (exact) mass is 396 g/mol. The number of benzene rings is 2. The number of hydrogen-bond donors (Lipinski definition) is 1. The summed E-state index contributed by atoms with van der Waals surface area (Å²) in [4.78, 5) is 17.6. The molecule has 0 spiro atoms. The van der Waals surface area contributed by atoms with E-state index in [1.54, 1.807) is 12.3 Å². The molecule has 1 amide bonds. The molecule has 28 heavy (non-hydrogen) atoms. The molecule has 3 aromatic rings. The zero-order valence-electron chi connectivity index (χ0n) is 16.1. The fraction of sp³-hybridized carbons (Fsp3) is 0.273. The van der Waals surface area contributed by atoms with Gasteiger partial charge < -0.3 is 9.47 Å². The van der Waals surface area contributed by atoms with E-state index in [1.165, 1.54) is 22.5 Å². The minimum atomic E-state index is -0.250. The van der Waals surface area contributed by atoms with Gasteiger partial charge >= 0.3 is 0 Å². The van der Waals surface area contributed by atoms with E-state index in [4.69, 9.17) is 9.47 Å². The average Bonchev–Trinajstić information content (AvgIpc) is 3.15. The van der Waals surface area contributed by atoms with Gasteiger partial charge in [0.25, 0.3) is 5.91 Å². The number of aryl methyl sites for hydroxylation is 1. The predicted octanol–water partition coefficient (Wildman–Crippen LogP) is 4.71. The molecule has 6 heteroatoms. The Hall–Kier alpha value is -2.86. The topological polar surface area (TPSA) is 60.5 Å². The van der Waals surface area contributed by atoms with Crippen LogP contribution >= 0.6 is 11.3 Å². The highest BCUT2D eigenvalue weighted by Gasteiger charge is 2.10. The highest BCUT2D eigenvalue weighted by atomic mass is 32.1. The standard InChI is InChI=1S/C22H24N2O3S/c1-3-16-9-11-17(12-10-16)13-18-14-23-22(28-18)24-21(25)15-27-20-8-6-5-7-19(20)26-4-2/h5-12,14H,3-4,13,15H2,1-2H3,(H,23,24,25). The Morgan fingerprint density at radius 3 is 2.36 bits per heavy atom. The smallest absolute Gasteiger partial charge is 0.264 e. The van der Waals surface area contributed by atoms with Gasteiger partial charge in [-0.1, -0.05) is 43.3 Å². The van der Waals surface area contributed by atoms with Crippen molar-refractivity contribution in [1.29, 1.82) is 0 Å². The first-order valence-electron chi connectivity index (χ1n) is 9.35. The first-order chi connectivity index (χ1) is 13.7. The molecule has 2 aromatic carbocycles. The highest BCUT2D eigenvalue weighted by molar-refractivity contribution is 7.15. The van der Waals surface area contributed by atoms with Gasteiger partial charge in [-0.25, -0.2) is 4.98 Å². The van der Waals surface area contributed by atoms with Crippen LogP contribution in [0.3, 0.4) is 0 Å². The molecule has 0 fully saturated rings. The van der Waals surface area contributed by atoms with Gasteiger partial charge in [0.05, 0.1) is 6.61 Å². The van der Waals surface area contributed by atoms with Crippen molar-refractivity contribution in [3.05, 3.63) is 70.7 Å². The first-order valence-corrected chi connectivity index (χ1v) is 10.2. The number of nitrogens with zero attached hydrogens (tertiary/aromatic N) is 1. The van der Waals surface area contributed by atoms with Gasteiger partial charge in [0.15, 0.2) is 23.2 Å². The highest BCUT2D eigenvalue weighted by Crippen LogP contribution is 2.26. The molecule has 1 N–H and O–H groups in total. The number of thiazole rings is 1. The Morgan fingerprint density at radius 1 is 1.00 bits per heavy atom. The SMILES string of the molecule is CCOc1ccccc1OCC(=O)Nc1ncc(Cc2ccc(CC)cc2)s1. The molecule has 0 aliphatic rings. The number of para-hydroxylation sites is 2. The Bertz CT molecular complexity index is 906. The van der Waals surface area contributed by atoms with Gasteiger partial charge in [0.1, 0.15) is 0 Å². The fourth-order valence-electron chi connectivity index (χ4n) is 2.68. The van der Waals surface area contributed by atoms with Crippen molar-refractivity contribution in [1.82, 2.24) is 4.98 Å². The van der Waals surface area contributed by atoms with Crippen LogP contribution in [0.25, 0.3) is 0 Å². The van der Waals surface area contributed by atoms with Crippen LogP contribution in [0, 0.1) is 0 Å². The summed E-state index contributed by atoms with van der Waals surface area (Å²) in [6.45, 7) is 4.49. The molecule has 0 unspecified atom stereocenters. The molecular formula is C22H24N2O3S. The lowest BCUT2D eigenvalue weighted by molar-refractivity contribution is -0.118. The summed E-state index contributed by atoms with van der Waals surface area (Å²) in [5.41, 5.74) is 2.56. The number of carbonyl (C=O) groups excluding carboxylic acids is 1. The normalized spacial score (nSPS) is 10.5. The quantitative estimate of drug-likeness (QED) is 0.569. The van der Waals surface area contributed by atoms with Crippen molar-refractivity contribution in [2.75, 3.05) is 18.5 Å². The second-order valence-electron chi connectivity index (χ2n) is 6.20. The third kappa shape index (κ3) is 5.57. The number of rotatable bonds is 9. The number of carbonyl (C=O) groups is 1. The number of aromatic nitrogens is 1. The van der Waals surface area contributed by atoms with Crippen molar-refractivity contribution in [2.24, 2.45) is 0 Å². The Morgan fingerprint density at radius 2 is 1.68 bits per heavy atom. The summed E-state index contributed by atoms with van der Waals surface area (Å²) < 4.78 is 11.1. The Kier molecular flexibility index (Phi) is 7.03. The van der Waals surface area contributed by atoms with Crippen LogP contribution in [0.15, 0.2) is 54.7 Å². The number of ether oxygens (including phenoxy) is 2. The molecule has 0 radical (unpaired) electrons. The van der Waals surface area contributed by atoms with E-state index in [-0.39, 0.29) is 12.5 Å². The molecule has 0 aliphatic heterocycles. The summed E-state index contributed by atoms with van der Waals surface area (Å²) in [6, 6.07) is 15.9. The number of nitrogens with one attached hydrogen (secondary N) is 1. The van der Waals surface area contributed by atoms with Gasteiger partial charge in [0, 0.05) is 17.5 Å². The van der Waals surface area contributed by atoms with Crippen LogP contribution in [-0.2, 0) is 17.6 Å². The summed E-state index contributed by atoms with van der Waals surface area (Å²) in [6.07, 6.45) is 3.64. The van der Waals surface area contributed by atoms with Crippen LogP contribution in [-0.4, -0.2) is 24.1 Å². The largest absolute Gasteiger partial charge is 0.490 e. The van der Waals surface area contributed by atoms with E-state index >= 15 is 0 Å². The Labute approximate surface area is 169 Å². The van der Waals surface area contributed by atoms with Crippen molar-refractivity contribution < 1.29 is 14.3 Å². The molecule has 0 atom stereocenters. The summed E-state index contributed by atoms with van der Waals surface area (Å²) >= 11 is 1.48. The van der Waals surface area contributed by atoms with E-state index < -0.39 is 0 Å². The lowest BCUT2D eigenvalue weighted by Crippen LogP contribution is -2.20. The third-order valence-corrected chi connectivity index (χ3v) is 5.03. The van der Waals surface area contributed by atoms with Gasteiger partial charge in [-0.05, 0) is 36.6 Å². The lowest BCUT2D eigenvalue weighted by Gasteiger charge is -2.10. The molecule has 1 aromatic heterocycles. The van der Waals surface area contributed by atoms with Crippen LogP contribution in [0.1, 0.15) is 29.9 Å². The van der Waals surface area contributed by atoms with E-state index in [1.807, 2.05) is 25.1 Å². The third-order valence-electron chi connectivity index (χ3n) is 4.12. The van der Waals surface area contributed by atoms with Crippen molar-refractivity contribution in [3.63, 3.8) is 0 Å². The molecule has 0 bridgehead atoms. The van der Waals surface area contributed by atoms with Gasteiger partial charge in [0.2, 0.25) is 0 Å². The molecule has 146 valence electrons. The van der Waals surface area contributed by atoms with Crippen molar-refractivity contribution in [2.45, 2.75) is 26.7 Å². The van der Waals surface area contributed by atoms with Crippen LogP contribution in [0.5, 0.6) is 11.5 Å². The Balaban J connectivity index is 1.52. The van der Waals surface area contributed by atoms with Gasteiger partial charge in [-0.15, -0.1) is 11.3 Å². The maximum Gasteiger partial charge on any atom is 0.264 e. The molecular weight excluding hydrogens is 372 g/mol. The molecule has 5 nitrogen and oxygen atoms in total. The van der Waals surface area contributed by atoms with Crippen LogP contribution in [0.2, 0.25) is 0 Å². The second-order valence-corrected chi connectivity index (χ2v) is 7.31. The second kappa shape index (κ2) is 9.90. The summed E-state index contributed by atoms with van der Waals surface area (Å²) in [5.74, 6) is 0.929. The number of hydrogen-bond acceptors (Lipinski definition) is 5. The first kappa shape index (κ1) is 19.9. The van der Waals surface area contributed by atoms with E-state index in [2.05, 4.69) is 41.5 Å². The molecule has 3 rings (SSSR count). The van der Waals surface area contributed by atoms with Crippen molar-refractivity contribution >= 4 is 22.4 Å². The van der Waals surface area contributed by atoms with Gasteiger partial charge in [-0.2, -0.15) is 0 Å². The molecule has 0 saturated heterocycles. The molecule has 0 saturated carbocycles. The zero-order chi connectivity index (χ0) is 19.8. The summed E-state index contributed by atoms with van der Waals surface area (Å²) in [5, 5.41) is 3.37. The minimum Gasteiger partial charge on any atom is -0.490 e. The zero-order valence-corrected chi connectivity index (χ0v) is 16.9. The van der Waals surface area contributed by atoms with Crippen LogP contribution < -0.4 is 14.8 Å². The fourth-order valence-corrected chi connectivity index (χ4v) is 3.55. The lowest BCUT2D eigenvalue weighted by atomic mass is 10.1. The van der Waals surface area contributed by atoms with E-state index in [0.29, 0.717) is 23.2 Å². The molecule has 0 aliphatic carbocycles. The van der Waals surface area contributed by atoms with Crippen molar-refractivity contribution in [3.8, 4) is 11.5 Å². The molecule has 1 heterocycles. The maximum atomic E-state index is 12.2. The van der Waals surface area contributed by atoms with E-state index in [9.17, 15) is 4.79 Å². The summed E-state index contributed by atoms with van der Waals surface area (Å²) in [7, 11) is 0. The van der Waals surface area contributed by atoms with Crippen LogP contribution in [0.4, 0.5) is 5.13 Å². The number of amides is 1. The predicted molar refractivity (Wildman–Crippen MR) is 112 cm³/mol. The average molecular weight is 397 g/mol. The maximum absolute atomic E-state index is 12.2. The minimum absolute atomic E-state index is 0.0997.